The Kier molecular flexibility index (Phi) is 3.88. The van der Waals surface area contributed by atoms with Crippen molar-refractivity contribution < 1.29 is 22.3 Å². The SMILES string of the molecule is Nc1ccc(-c2cn(-c3ccc(OC(F)(F)F)cc3)cn2)cc1F. The van der Waals surface area contributed by atoms with Crippen LogP contribution in [0.2, 0.25) is 0 Å². The maximum atomic E-state index is 13.5. The first-order valence-electron chi connectivity index (χ1n) is 6.77. The molecule has 3 rings (SSSR count). The van der Waals surface area contributed by atoms with Crippen molar-refractivity contribution in [2.45, 2.75) is 6.36 Å². The van der Waals surface area contributed by atoms with Crippen LogP contribution < -0.4 is 10.5 Å². The summed E-state index contributed by atoms with van der Waals surface area (Å²) < 4.78 is 55.3. The van der Waals surface area contributed by atoms with Crippen molar-refractivity contribution in [1.29, 1.82) is 0 Å². The van der Waals surface area contributed by atoms with Crippen LogP contribution in [0.15, 0.2) is 55.0 Å². The van der Waals surface area contributed by atoms with Crippen LogP contribution >= 0.6 is 0 Å². The van der Waals surface area contributed by atoms with Gasteiger partial charge in [-0.1, -0.05) is 6.07 Å². The van der Waals surface area contributed by atoms with Crippen LogP contribution in [0.5, 0.6) is 5.75 Å². The van der Waals surface area contributed by atoms with Gasteiger partial charge in [-0.25, -0.2) is 9.37 Å². The Hall–Kier alpha value is -3.03. The van der Waals surface area contributed by atoms with Gasteiger partial charge in [0.2, 0.25) is 0 Å². The van der Waals surface area contributed by atoms with Crippen molar-refractivity contribution in [3.05, 3.63) is 60.8 Å². The molecule has 3 aromatic rings. The van der Waals surface area contributed by atoms with Crippen LogP contribution in [0.4, 0.5) is 23.2 Å². The summed E-state index contributed by atoms with van der Waals surface area (Å²) in [5.74, 6) is -0.858. The third-order valence-corrected chi connectivity index (χ3v) is 3.25. The molecule has 4 nitrogen and oxygen atoms in total. The minimum Gasteiger partial charge on any atom is -0.406 e. The summed E-state index contributed by atoms with van der Waals surface area (Å²) in [4.78, 5) is 4.16. The van der Waals surface area contributed by atoms with Crippen molar-refractivity contribution in [1.82, 2.24) is 9.55 Å². The second kappa shape index (κ2) is 5.88. The average Bonchev–Trinajstić information content (AvgIpc) is 2.99. The predicted molar refractivity (Wildman–Crippen MR) is 80.1 cm³/mol. The monoisotopic (exact) mass is 337 g/mol. The quantitative estimate of drug-likeness (QED) is 0.577. The first-order valence-corrected chi connectivity index (χ1v) is 6.77. The minimum absolute atomic E-state index is 0.0402. The van der Waals surface area contributed by atoms with Crippen molar-refractivity contribution >= 4 is 5.69 Å². The Balaban J connectivity index is 1.84. The highest BCUT2D eigenvalue weighted by Gasteiger charge is 2.30. The summed E-state index contributed by atoms with van der Waals surface area (Å²) >= 11 is 0. The van der Waals surface area contributed by atoms with Gasteiger partial charge in [0, 0.05) is 17.4 Å². The summed E-state index contributed by atoms with van der Waals surface area (Å²) in [6.45, 7) is 0. The number of aromatic nitrogens is 2. The fourth-order valence-corrected chi connectivity index (χ4v) is 2.12. The summed E-state index contributed by atoms with van der Waals surface area (Å²) in [7, 11) is 0. The Morgan fingerprint density at radius 3 is 2.38 bits per heavy atom. The third kappa shape index (κ3) is 3.48. The molecule has 0 atom stereocenters. The molecule has 1 heterocycles. The summed E-state index contributed by atoms with van der Waals surface area (Å²) in [6.07, 6.45) is -1.63. The number of nitrogens with zero attached hydrogens (tertiary/aromatic N) is 2. The lowest BCUT2D eigenvalue weighted by atomic mass is 10.1. The summed E-state index contributed by atoms with van der Waals surface area (Å²) in [5, 5.41) is 0. The van der Waals surface area contributed by atoms with E-state index in [0.29, 0.717) is 16.9 Å². The first-order chi connectivity index (χ1) is 11.3. The number of ether oxygens (including phenoxy) is 1. The Labute approximate surface area is 134 Å². The number of nitrogens with two attached hydrogens (primary N) is 1. The number of nitrogen functional groups attached to an aromatic ring is 1. The van der Waals surface area contributed by atoms with Gasteiger partial charge in [-0.3, -0.25) is 0 Å². The zero-order chi connectivity index (χ0) is 17.3. The second-order valence-corrected chi connectivity index (χ2v) is 4.94. The van der Waals surface area contributed by atoms with Gasteiger partial charge in [-0.15, -0.1) is 13.2 Å². The highest BCUT2D eigenvalue weighted by atomic mass is 19.4. The zero-order valence-corrected chi connectivity index (χ0v) is 12.1. The van der Waals surface area contributed by atoms with E-state index in [9.17, 15) is 17.6 Å². The van der Waals surface area contributed by atoms with E-state index in [2.05, 4.69) is 9.72 Å². The number of hydrogen-bond acceptors (Lipinski definition) is 3. The van der Waals surface area contributed by atoms with E-state index in [-0.39, 0.29) is 11.4 Å². The van der Waals surface area contributed by atoms with Gasteiger partial charge in [0.05, 0.1) is 17.7 Å². The smallest absolute Gasteiger partial charge is 0.406 e. The van der Waals surface area contributed by atoms with E-state index in [1.807, 2.05) is 0 Å². The van der Waals surface area contributed by atoms with Crippen molar-refractivity contribution in [2.75, 3.05) is 5.73 Å². The topological polar surface area (TPSA) is 53.1 Å². The zero-order valence-electron chi connectivity index (χ0n) is 12.1. The average molecular weight is 337 g/mol. The normalized spacial score (nSPS) is 11.5. The number of rotatable bonds is 3. The second-order valence-electron chi connectivity index (χ2n) is 4.94. The molecule has 0 saturated carbocycles. The number of alkyl halides is 3. The maximum absolute atomic E-state index is 13.5. The van der Waals surface area contributed by atoms with Gasteiger partial charge in [0.15, 0.2) is 0 Å². The fraction of sp³-hybridized carbons (Fsp3) is 0.0625. The van der Waals surface area contributed by atoms with Crippen molar-refractivity contribution in [3.63, 3.8) is 0 Å². The van der Waals surface area contributed by atoms with Gasteiger partial charge in [0.1, 0.15) is 11.6 Å². The molecule has 0 spiro atoms. The van der Waals surface area contributed by atoms with E-state index >= 15 is 0 Å². The number of halogens is 4. The maximum Gasteiger partial charge on any atom is 0.573 e. The van der Waals surface area contributed by atoms with Crippen molar-refractivity contribution in [2.24, 2.45) is 0 Å². The number of benzene rings is 2. The molecule has 0 unspecified atom stereocenters. The van der Waals surface area contributed by atoms with Gasteiger partial charge < -0.3 is 15.0 Å². The molecular weight excluding hydrogens is 326 g/mol. The first kappa shape index (κ1) is 15.9. The van der Waals surface area contributed by atoms with E-state index in [1.165, 1.54) is 42.7 Å². The van der Waals surface area contributed by atoms with Crippen LogP contribution in [0.1, 0.15) is 0 Å². The highest BCUT2D eigenvalue weighted by Crippen LogP contribution is 2.25. The van der Waals surface area contributed by atoms with Crippen LogP contribution in [0, 0.1) is 5.82 Å². The lowest BCUT2D eigenvalue weighted by molar-refractivity contribution is -0.274. The molecular formula is C16H11F4N3O. The van der Waals surface area contributed by atoms with Crippen molar-refractivity contribution in [3.8, 4) is 22.7 Å². The van der Waals surface area contributed by atoms with Crippen LogP contribution in [0.25, 0.3) is 16.9 Å². The molecule has 124 valence electrons. The Morgan fingerprint density at radius 1 is 1.04 bits per heavy atom. The molecule has 0 aliphatic rings. The van der Waals surface area contributed by atoms with Gasteiger partial charge in [0.25, 0.3) is 0 Å². The Morgan fingerprint density at radius 2 is 1.75 bits per heavy atom. The third-order valence-electron chi connectivity index (χ3n) is 3.25. The molecule has 0 amide bonds. The largest absolute Gasteiger partial charge is 0.573 e. The molecule has 24 heavy (non-hydrogen) atoms. The minimum atomic E-state index is -4.73. The molecule has 0 saturated heterocycles. The molecule has 2 aromatic carbocycles. The highest BCUT2D eigenvalue weighted by molar-refractivity contribution is 5.62. The fourth-order valence-electron chi connectivity index (χ4n) is 2.12. The molecule has 0 bridgehead atoms. The lowest BCUT2D eigenvalue weighted by Crippen LogP contribution is -2.17. The van der Waals surface area contributed by atoms with Gasteiger partial charge in [-0.05, 0) is 36.4 Å². The molecule has 0 aliphatic heterocycles. The molecule has 1 aromatic heterocycles. The summed E-state index contributed by atoms with van der Waals surface area (Å²) in [6, 6.07) is 9.64. The molecule has 0 fully saturated rings. The molecule has 0 radical (unpaired) electrons. The van der Waals surface area contributed by atoms with Gasteiger partial charge >= 0.3 is 6.36 Å². The predicted octanol–water partition coefficient (Wildman–Crippen LogP) is 4.16. The Bertz CT molecular complexity index is 857. The van der Waals surface area contributed by atoms with E-state index in [4.69, 9.17) is 5.73 Å². The van der Waals surface area contributed by atoms with Crippen LogP contribution in [-0.4, -0.2) is 15.9 Å². The standard InChI is InChI=1S/C16H11F4N3O/c17-13-7-10(1-6-14(13)21)15-8-23(9-22-15)11-2-4-12(5-3-11)24-16(18,19)20/h1-9H,21H2. The van der Waals surface area contributed by atoms with Gasteiger partial charge in [-0.2, -0.15) is 0 Å². The van der Waals surface area contributed by atoms with E-state index in [0.717, 1.165) is 0 Å². The number of imidazole rings is 1. The molecule has 0 aliphatic carbocycles. The lowest BCUT2D eigenvalue weighted by Gasteiger charge is -2.09. The molecule has 8 heteroatoms. The summed E-state index contributed by atoms with van der Waals surface area (Å²) in [5.41, 5.74) is 7.09. The van der Waals surface area contributed by atoms with Crippen LogP contribution in [-0.2, 0) is 0 Å². The number of hydrogen-bond donors (Lipinski definition) is 1. The molecule has 2 N–H and O–H groups in total. The van der Waals surface area contributed by atoms with Crippen LogP contribution in [0.3, 0.4) is 0 Å². The van der Waals surface area contributed by atoms with E-state index < -0.39 is 12.2 Å². The number of anilines is 1. The van der Waals surface area contributed by atoms with E-state index in [1.54, 1.807) is 16.8 Å².